The second-order valence-corrected chi connectivity index (χ2v) is 5.78. The lowest BCUT2D eigenvalue weighted by Crippen LogP contribution is -2.25. The number of carbonyl (C=O) groups is 2. The zero-order valence-corrected chi connectivity index (χ0v) is 13.1. The van der Waals surface area contributed by atoms with Crippen LogP contribution in [0.1, 0.15) is 19.4 Å². The average Bonchev–Trinajstić information content (AvgIpc) is 3.02. The highest BCUT2D eigenvalue weighted by Gasteiger charge is 2.38. The second kappa shape index (κ2) is 5.49. The van der Waals surface area contributed by atoms with Crippen molar-refractivity contribution < 1.29 is 28.5 Å². The largest absolute Gasteiger partial charge is 0.454 e. The van der Waals surface area contributed by atoms with Crippen molar-refractivity contribution in [2.45, 2.75) is 26.2 Å². The second-order valence-electron chi connectivity index (χ2n) is 5.78. The Balaban J connectivity index is 1.67. The minimum Gasteiger partial charge on any atom is -0.454 e. The lowest BCUT2D eigenvalue weighted by Gasteiger charge is -2.16. The van der Waals surface area contributed by atoms with Crippen LogP contribution < -0.4 is 9.47 Å². The van der Waals surface area contributed by atoms with Crippen LogP contribution >= 0.6 is 0 Å². The molecule has 23 heavy (non-hydrogen) atoms. The maximum Gasteiger partial charge on any atom is 0.377 e. The number of nitrogens with zero attached hydrogens (tertiary/aromatic N) is 1. The first-order valence-corrected chi connectivity index (χ1v) is 7.12. The van der Waals surface area contributed by atoms with E-state index in [0.717, 1.165) is 11.6 Å². The summed E-state index contributed by atoms with van der Waals surface area (Å²) in [7, 11) is 1.63. The third-order valence-electron chi connectivity index (χ3n) is 3.38. The predicted molar refractivity (Wildman–Crippen MR) is 78.4 cm³/mol. The zero-order chi connectivity index (χ0) is 16.6. The van der Waals surface area contributed by atoms with Gasteiger partial charge in [-0.3, -0.25) is 4.79 Å². The molecule has 0 radical (unpaired) electrons. The third kappa shape index (κ3) is 3.23. The molecule has 2 aliphatic heterocycles. The van der Waals surface area contributed by atoms with Crippen LogP contribution in [0, 0.1) is 0 Å². The van der Waals surface area contributed by atoms with Crippen LogP contribution in [-0.4, -0.2) is 36.4 Å². The van der Waals surface area contributed by atoms with E-state index in [1.807, 2.05) is 12.1 Å². The number of cyclic esters (lactones) is 1. The molecule has 0 bridgehead atoms. The molecule has 1 fully saturated rings. The molecule has 122 valence electrons. The van der Waals surface area contributed by atoms with Crippen LogP contribution in [0.4, 0.5) is 0 Å². The normalized spacial score (nSPS) is 19.4. The van der Waals surface area contributed by atoms with E-state index in [0.29, 0.717) is 18.0 Å². The summed E-state index contributed by atoms with van der Waals surface area (Å²) in [5, 5.41) is 0. The van der Waals surface area contributed by atoms with Gasteiger partial charge in [0.2, 0.25) is 18.3 Å². The lowest BCUT2D eigenvalue weighted by molar-refractivity contribution is -0.159. The molecule has 3 rings (SSSR count). The molecule has 1 aromatic rings. The van der Waals surface area contributed by atoms with Gasteiger partial charge in [-0.1, -0.05) is 6.07 Å². The van der Waals surface area contributed by atoms with Crippen molar-refractivity contribution in [3.05, 3.63) is 35.6 Å². The van der Waals surface area contributed by atoms with E-state index < -0.39 is 11.8 Å². The Labute approximate surface area is 133 Å². The first kappa shape index (κ1) is 15.2. The van der Waals surface area contributed by atoms with Crippen molar-refractivity contribution in [3.63, 3.8) is 0 Å². The molecule has 1 aromatic carbocycles. The smallest absolute Gasteiger partial charge is 0.377 e. The third-order valence-corrected chi connectivity index (χ3v) is 3.38. The van der Waals surface area contributed by atoms with Crippen LogP contribution in [0.2, 0.25) is 0 Å². The summed E-state index contributed by atoms with van der Waals surface area (Å²) in [4.78, 5) is 25.3. The summed E-state index contributed by atoms with van der Waals surface area (Å²) >= 11 is 0. The molecule has 0 atom stereocenters. The summed E-state index contributed by atoms with van der Waals surface area (Å²) in [6.45, 7) is 3.77. The van der Waals surface area contributed by atoms with E-state index in [4.69, 9.17) is 18.9 Å². The summed E-state index contributed by atoms with van der Waals surface area (Å²) < 4.78 is 20.8. The quantitative estimate of drug-likeness (QED) is 0.622. The minimum absolute atomic E-state index is 0.0856. The van der Waals surface area contributed by atoms with E-state index in [1.54, 1.807) is 27.0 Å². The molecule has 1 saturated heterocycles. The highest BCUT2D eigenvalue weighted by Crippen LogP contribution is 2.32. The van der Waals surface area contributed by atoms with E-state index in [-0.39, 0.29) is 18.5 Å². The van der Waals surface area contributed by atoms with E-state index >= 15 is 0 Å². The Hall–Kier alpha value is -2.70. The number of esters is 1. The van der Waals surface area contributed by atoms with Gasteiger partial charge in [-0.25, -0.2) is 4.79 Å². The van der Waals surface area contributed by atoms with Crippen molar-refractivity contribution >= 4 is 11.9 Å². The molecule has 0 saturated carbocycles. The summed E-state index contributed by atoms with van der Waals surface area (Å²) in [5.74, 6) is -0.774. The number of likely N-dealkylation sites (N-methyl/N-ethyl adjacent to an activating group) is 1. The molecule has 2 aliphatic rings. The maximum atomic E-state index is 12.2. The molecular formula is C16H17NO6. The molecule has 0 aliphatic carbocycles. The first-order valence-electron chi connectivity index (χ1n) is 7.12. The van der Waals surface area contributed by atoms with Gasteiger partial charge in [-0.15, -0.1) is 0 Å². The van der Waals surface area contributed by atoms with Gasteiger partial charge < -0.3 is 23.8 Å². The lowest BCUT2D eigenvalue weighted by atomic mass is 10.2. The van der Waals surface area contributed by atoms with E-state index in [2.05, 4.69) is 0 Å². The van der Waals surface area contributed by atoms with Crippen LogP contribution in [-0.2, 0) is 25.6 Å². The molecule has 7 nitrogen and oxygen atoms in total. The van der Waals surface area contributed by atoms with Gasteiger partial charge in [0.1, 0.15) is 0 Å². The molecule has 1 amide bonds. The zero-order valence-electron chi connectivity index (χ0n) is 13.1. The maximum absolute atomic E-state index is 12.2. The number of amides is 1. The topological polar surface area (TPSA) is 74.3 Å². The Morgan fingerprint density at radius 1 is 1.26 bits per heavy atom. The van der Waals surface area contributed by atoms with E-state index in [9.17, 15) is 9.59 Å². The van der Waals surface area contributed by atoms with Crippen molar-refractivity contribution in [2.75, 3.05) is 13.8 Å². The Kier molecular flexibility index (Phi) is 3.63. The molecule has 0 N–H and O–H groups in total. The number of rotatable bonds is 3. The Morgan fingerprint density at radius 2 is 2.00 bits per heavy atom. The van der Waals surface area contributed by atoms with Crippen molar-refractivity contribution in [2.24, 2.45) is 0 Å². The molecule has 0 spiro atoms. The van der Waals surface area contributed by atoms with Crippen LogP contribution in [0.25, 0.3) is 0 Å². The van der Waals surface area contributed by atoms with Gasteiger partial charge in [-0.2, -0.15) is 0 Å². The number of hydrogen-bond acceptors (Lipinski definition) is 6. The predicted octanol–water partition coefficient (Wildman–Crippen LogP) is 1.57. The van der Waals surface area contributed by atoms with Gasteiger partial charge in [0.25, 0.3) is 5.91 Å². The van der Waals surface area contributed by atoms with Gasteiger partial charge in [0.15, 0.2) is 11.5 Å². The van der Waals surface area contributed by atoms with Gasteiger partial charge >= 0.3 is 5.97 Å². The van der Waals surface area contributed by atoms with Crippen molar-refractivity contribution in [1.82, 2.24) is 4.90 Å². The highest BCUT2D eigenvalue weighted by molar-refractivity contribution is 5.97. The monoisotopic (exact) mass is 319 g/mol. The van der Waals surface area contributed by atoms with Crippen LogP contribution in [0.15, 0.2) is 30.0 Å². The van der Waals surface area contributed by atoms with Crippen molar-refractivity contribution in [1.29, 1.82) is 0 Å². The van der Waals surface area contributed by atoms with Crippen LogP contribution in [0.5, 0.6) is 11.5 Å². The molecule has 2 heterocycles. The van der Waals surface area contributed by atoms with Crippen LogP contribution in [0.3, 0.4) is 0 Å². The van der Waals surface area contributed by atoms with Gasteiger partial charge in [0, 0.05) is 27.4 Å². The first-order chi connectivity index (χ1) is 10.8. The van der Waals surface area contributed by atoms with Crippen molar-refractivity contribution in [3.8, 4) is 11.5 Å². The SMILES string of the molecule is CN(Cc1ccc2c(c1)OCO2)C(=O)C=C1OC(C)(C)OC1=O. The number of hydrogen-bond donors (Lipinski definition) is 0. The Bertz CT molecular complexity index is 694. The summed E-state index contributed by atoms with van der Waals surface area (Å²) in [6.07, 6.45) is 1.14. The molecule has 0 aromatic heterocycles. The molecule has 0 unspecified atom stereocenters. The number of ether oxygens (including phenoxy) is 4. The van der Waals surface area contributed by atoms with Gasteiger partial charge in [0.05, 0.1) is 6.08 Å². The fraction of sp³-hybridized carbons (Fsp3) is 0.375. The average molecular weight is 319 g/mol. The number of benzene rings is 1. The number of fused-ring (bicyclic) bond motifs is 1. The highest BCUT2D eigenvalue weighted by atomic mass is 16.8. The Morgan fingerprint density at radius 3 is 2.70 bits per heavy atom. The molecule has 7 heteroatoms. The number of carbonyl (C=O) groups excluding carboxylic acids is 2. The fourth-order valence-corrected chi connectivity index (χ4v) is 2.30. The summed E-state index contributed by atoms with van der Waals surface area (Å²) in [6, 6.07) is 5.48. The summed E-state index contributed by atoms with van der Waals surface area (Å²) in [5.41, 5.74) is 0.888. The standard InChI is InChI=1S/C16H17NO6/c1-16(2)22-13(15(19)23-16)7-14(18)17(3)8-10-4-5-11-12(6-10)21-9-20-11/h4-7H,8-9H2,1-3H3. The minimum atomic E-state index is -1.04. The fourth-order valence-electron chi connectivity index (χ4n) is 2.30. The molecular weight excluding hydrogens is 302 g/mol. The van der Waals surface area contributed by atoms with Gasteiger partial charge in [-0.05, 0) is 17.7 Å². The van der Waals surface area contributed by atoms with E-state index in [1.165, 1.54) is 4.90 Å².